The molecule has 2 fully saturated rings. The number of benzene rings is 1. The molecule has 5 heterocycles. The number of nitrogens with zero attached hydrogens (tertiary/aromatic N) is 5. The third kappa shape index (κ3) is 5.05. The zero-order valence-electron chi connectivity index (χ0n) is 21.6. The van der Waals surface area contributed by atoms with Gasteiger partial charge in [0.25, 0.3) is 5.91 Å². The van der Waals surface area contributed by atoms with Crippen LogP contribution in [0.15, 0.2) is 55.0 Å². The molecule has 2 atom stereocenters. The molecule has 10 nitrogen and oxygen atoms in total. The highest BCUT2D eigenvalue weighted by Crippen LogP contribution is 2.28. The maximum Gasteiger partial charge on any atom is 0.276 e. The Labute approximate surface area is 221 Å². The zero-order chi connectivity index (χ0) is 26.1. The molecule has 0 saturated carbocycles. The minimum atomic E-state index is -0.295. The minimum absolute atomic E-state index is 0.149. The fraction of sp³-hybridized carbons (Fsp3) is 0.357. The van der Waals surface area contributed by atoms with Crippen LogP contribution in [0.25, 0.3) is 22.0 Å². The first-order valence-electron chi connectivity index (χ1n) is 13.0. The lowest BCUT2D eigenvalue weighted by Crippen LogP contribution is -2.45. The molecular weight excluding hydrogens is 482 g/mol. The Morgan fingerprint density at radius 3 is 2.55 bits per heavy atom. The van der Waals surface area contributed by atoms with Crippen molar-refractivity contribution in [2.75, 3.05) is 54.5 Å². The number of rotatable bonds is 5. The first kappa shape index (κ1) is 24.3. The fourth-order valence-corrected chi connectivity index (χ4v) is 5.15. The number of hydrogen-bond donors (Lipinski definition) is 2. The molecule has 1 aromatic carbocycles. The quantitative estimate of drug-likeness (QED) is 0.416. The summed E-state index contributed by atoms with van der Waals surface area (Å²) >= 11 is 0. The number of fused-ring (bicyclic) bond motifs is 1. The molecule has 0 radical (unpaired) electrons. The maximum atomic E-state index is 13.2. The van der Waals surface area contributed by atoms with Crippen LogP contribution in [0.5, 0.6) is 0 Å². The van der Waals surface area contributed by atoms with Crippen LogP contribution in [0.2, 0.25) is 0 Å². The standard InChI is InChI=1S/C28H31N7O3/c1-18-16-35(17-19(2)38-18)26-6-4-22(14-30-26)31-28(36)27-24-12-20(3-5-25(24)32-33-27)21-11-23(15-29-13-21)34-7-9-37-10-8-34/h3-6,11-15,18-19H,7-10,16-17H2,1-2H3,(H,31,36)(H,32,33). The lowest BCUT2D eigenvalue weighted by molar-refractivity contribution is -0.00545. The van der Waals surface area contributed by atoms with Gasteiger partial charge in [-0.1, -0.05) is 6.07 Å². The van der Waals surface area contributed by atoms with E-state index >= 15 is 0 Å². The predicted molar refractivity (Wildman–Crippen MR) is 147 cm³/mol. The van der Waals surface area contributed by atoms with Crippen LogP contribution < -0.4 is 15.1 Å². The van der Waals surface area contributed by atoms with Crippen molar-refractivity contribution < 1.29 is 14.3 Å². The van der Waals surface area contributed by atoms with E-state index in [1.807, 2.05) is 42.7 Å². The van der Waals surface area contributed by atoms with Crippen LogP contribution in [0, 0.1) is 0 Å². The highest BCUT2D eigenvalue weighted by molar-refractivity contribution is 6.11. The number of H-pyrrole nitrogens is 1. The molecular formula is C28H31N7O3. The number of ether oxygens (including phenoxy) is 2. The van der Waals surface area contributed by atoms with Crippen LogP contribution in [-0.4, -0.2) is 77.7 Å². The molecule has 2 aliphatic rings. The van der Waals surface area contributed by atoms with Gasteiger partial charge in [0.1, 0.15) is 5.82 Å². The Hall–Kier alpha value is -4.02. The molecule has 2 saturated heterocycles. The van der Waals surface area contributed by atoms with E-state index in [1.54, 1.807) is 6.20 Å². The number of anilines is 3. The van der Waals surface area contributed by atoms with Gasteiger partial charge in [-0.2, -0.15) is 5.10 Å². The Bertz CT molecular complexity index is 1420. The Kier molecular flexibility index (Phi) is 6.65. The summed E-state index contributed by atoms with van der Waals surface area (Å²) in [5.41, 5.74) is 4.75. The van der Waals surface area contributed by atoms with Crippen LogP contribution in [0.4, 0.5) is 17.2 Å². The highest BCUT2D eigenvalue weighted by Gasteiger charge is 2.23. The van der Waals surface area contributed by atoms with Gasteiger partial charge in [-0.3, -0.25) is 14.9 Å². The summed E-state index contributed by atoms with van der Waals surface area (Å²) in [7, 11) is 0. The van der Waals surface area contributed by atoms with Gasteiger partial charge in [0.05, 0.1) is 54.7 Å². The van der Waals surface area contributed by atoms with Crippen LogP contribution in [0.3, 0.4) is 0 Å². The normalized spacial score (nSPS) is 20.1. The van der Waals surface area contributed by atoms with Crippen LogP contribution >= 0.6 is 0 Å². The van der Waals surface area contributed by atoms with Crippen molar-refractivity contribution in [2.45, 2.75) is 26.1 Å². The van der Waals surface area contributed by atoms with E-state index in [-0.39, 0.29) is 18.1 Å². The summed E-state index contributed by atoms with van der Waals surface area (Å²) in [4.78, 5) is 26.7. The fourth-order valence-electron chi connectivity index (χ4n) is 5.15. The summed E-state index contributed by atoms with van der Waals surface area (Å²) in [5, 5.41) is 11.0. The first-order chi connectivity index (χ1) is 18.5. The van der Waals surface area contributed by atoms with Gasteiger partial charge in [0, 0.05) is 43.3 Å². The van der Waals surface area contributed by atoms with Crippen LogP contribution in [-0.2, 0) is 9.47 Å². The Morgan fingerprint density at radius 1 is 0.974 bits per heavy atom. The smallest absolute Gasteiger partial charge is 0.276 e. The predicted octanol–water partition coefficient (Wildman–Crippen LogP) is 3.72. The van der Waals surface area contributed by atoms with Crippen molar-refractivity contribution >= 4 is 34.0 Å². The van der Waals surface area contributed by atoms with E-state index in [2.05, 4.69) is 55.2 Å². The summed E-state index contributed by atoms with van der Waals surface area (Å²) in [6.07, 6.45) is 5.70. The van der Waals surface area contributed by atoms with Crippen molar-refractivity contribution in [1.82, 2.24) is 20.2 Å². The third-order valence-electron chi connectivity index (χ3n) is 6.96. The second-order valence-corrected chi connectivity index (χ2v) is 9.89. The average molecular weight is 514 g/mol. The van der Waals surface area contributed by atoms with Crippen molar-refractivity contribution in [3.8, 4) is 11.1 Å². The Balaban J connectivity index is 1.20. The van der Waals surface area contributed by atoms with E-state index in [4.69, 9.17) is 9.47 Å². The molecule has 0 spiro atoms. The summed E-state index contributed by atoms with van der Waals surface area (Å²) in [5.74, 6) is 0.574. The van der Waals surface area contributed by atoms with E-state index in [0.29, 0.717) is 24.6 Å². The molecule has 1 amide bonds. The minimum Gasteiger partial charge on any atom is -0.378 e. The van der Waals surface area contributed by atoms with Gasteiger partial charge in [-0.25, -0.2) is 4.98 Å². The molecule has 3 aromatic heterocycles. The summed E-state index contributed by atoms with van der Waals surface area (Å²) < 4.78 is 11.3. The highest BCUT2D eigenvalue weighted by atomic mass is 16.5. The molecule has 38 heavy (non-hydrogen) atoms. The van der Waals surface area contributed by atoms with Crippen molar-refractivity contribution in [3.05, 3.63) is 60.7 Å². The number of carbonyl (C=O) groups excluding carboxylic acids is 1. The van der Waals surface area contributed by atoms with E-state index in [9.17, 15) is 4.79 Å². The van der Waals surface area contributed by atoms with Gasteiger partial charge < -0.3 is 24.6 Å². The first-order valence-corrected chi connectivity index (χ1v) is 13.0. The number of aromatic amines is 1. The molecule has 6 rings (SSSR count). The molecule has 2 N–H and O–H groups in total. The Morgan fingerprint density at radius 2 is 1.79 bits per heavy atom. The van der Waals surface area contributed by atoms with Gasteiger partial charge in [0.2, 0.25) is 0 Å². The molecule has 10 heteroatoms. The number of pyridine rings is 2. The van der Waals surface area contributed by atoms with E-state index in [1.165, 1.54) is 0 Å². The number of hydrogen-bond acceptors (Lipinski definition) is 8. The van der Waals surface area contributed by atoms with E-state index in [0.717, 1.165) is 59.7 Å². The lowest BCUT2D eigenvalue weighted by Gasteiger charge is -2.36. The van der Waals surface area contributed by atoms with Crippen molar-refractivity contribution in [2.24, 2.45) is 0 Å². The lowest BCUT2D eigenvalue weighted by atomic mass is 10.0. The average Bonchev–Trinajstić information content (AvgIpc) is 3.37. The number of amides is 1. The SMILES string of the molecule is CC1CN(c2ccc(NC(=O)c3n[nH]c4ccc(-c5cncc(N6CCOCC6)c5)cc34)cn2)CC(C)O1. The topological polar surface area (TPSA) is 108 Å². The zero-order valence-corrected chi connectivity index (χ0v) is 21.6. The monoisotopic (exact) mass is 513 g/mol. The largest absolute Gasteiger partial charge is 0.378 e. The van der Waals surface area contributed by atoms with Gasteiger partial charge in [-0.15, -0.1) is 0 Å². The second-order valence-electron chi connectivity index (χ2n) is 9.89. The molecule has 2 unspecified atom stereocenters. The van der Waals surface area contributed by atoms with Crippen molar-refractivity contribution in [1.29, 1.82) is 0 Å². The third-order valence-corrected chi connectivity index (χ3v) is 6.96. The summed E-state index contributed by atoms with van der Waals surface area (Å²) in [6.45, 7) is 8.82. The number of morpholine rings is 2. The molecule has 196 valence electrons. The number of carbonyl (C=O) groups is 1. The van der Waals surface area contributed by atoms with Crippen LogP contribution in [0.1, 0.15) is 24.3 Å². The van der Waals surface area contributed by atoms with E-state index < -0.39 is 0 Å². The number of nitrogens with one attached hydrogen (secondary N) is 2. The van der Waals surface area contributed by atoms with Gasteiger partial charge >= 0.3 is 0 Å². The molecule has 0 bridgehead atoms. The molecule has 4 aromatic rings. The molecule has 2 aliphatic heterocycles. The number of aromatic nitrogens is 4. The summed E-state index contributed by atoms with van der Waals surface area (Å²) in [6, 6.07) is 11.9. The molecule has 0 aliphatic carbocycles. The van der Waals surface area contributed by atoms with Gasteiger partial charge in [0.15, 0.2) is 5.69 Å². The maximum absolute atomic E-state index is 13.2. The van der Waals surface area contributed by atoms with Crippen molar-refractivity contribution in [3.63, 3.8) is 0 Å². The second kappa shape index (κ2) is 10.4. The van der Waals surface area contributed by atoms with Gasteiger partial charge in [-0.05, 0) is 49.7 Å².